The standard InChI is InChI=1S/C12H10N2O4/c1-6-2-3-8-7(4-6)12(5-9(15)18-8)10(16)13-11(17)14-12/h2-4H,5H2,1H3,(H2,13,14,16,17). The normalized spacial score (nSPS) is 25.5. The molecule has 1 spiro atoms. The molecule has 3 rings (SSSR count). The molecule has 0 bridgehead atoms. The first kappa shape index (κ1) is 10.8. The zero-order chi connectivity index (χ0) is 12.9. The maximum absolute atomic E-state index is 12.0. The molecule has 3 amide bonds. The van der Waals surface area contributed by atoms with E-state index in [1.807, 2.05) is 6.92 Å². The van der Waals surface area contributed by atoms with Crippen molar-refractivity contribution in [3.05, 3.63) is 29.3 Å². The van der Waals surface area contributed by atoms with Gasteiger partial charge in [-0.2, -0.15) is 0 Å². The third-order valence-electron chi connectivity index (χ3n) is 3.17. The maximum atomic E-state index is 12.0. The molecular formula is C12H10N2O4. The van der Waals surface area contributed by atoms with Crippen LogP contribution in [0.5, 0.6) is 5.75 Å². The number of imide groups is 1. The second-order valence-electron chi connectivity index (χ2n) is 4.46. The molecule has 1 fully saturated rings. The summed E-state index contributed by atoms with van der Waals surface area (Å²) in [6.45, 7) is 1.86. The molecule has 1 aromatic rings. The van der Waals surface area contributed by atoms with E-state index in [1.165, 1.54) is 0 Å². The van der Waals surface area contributed by atoms with Crippen LogP contribution in [-0.4, -0.2) is 17.9 Å². The lowest BCUT2D eigenvalue weighted by molar-refractivity contribution is -0.141. The van der Waals surface area contributed by atoms with Crippen molar-refractivity contribution >= 4 is 17.9 Å². The summed E-state index contributed by atoms with van der Waals surface area (Å²) in [6.07, 6.45) is -0.193. The number of carbonyl (C=O) groups excluding carboxylic acids is 3. The molecule has 1 atom stereocenters. The van der Waals surface area contributed by atoms with Crippen LogP contribution < -0.4 is 15.4 Å². The molecule has 92 valence electrons. The van der Waals surface area contributed by atoms with Gasteiger partial charge in [-0.15, -0.1) is 0 Å². The van der Waals surface area contributed by atoms with Crippen molar-refractivity contribution in [1.82, 2.24) is 10.6 Å². The number of fused-ring (bicyclic) bond motifs is 2. The van der Waals surface area contributed by atoms with E-state index in [0.29, 0.717) is 11.3 Å². The summed E-state index contributed by atoms with van der Waals surface area (Å²) in [5, 5.41) is 4.69. The Kier molecular flexibility index (Phi) is 1.98. The van der Waals surface area contributed by atoms with E-state index >= 15 is 0 Å². The zero-order valence-electron chi connectivity index (χ0n) is 9.57. The summed E-state index contributed by atoms with van der Waals surface area (Å²) in [4.78, 5) is 34.9. The molecule has 18 heavy (non-hydrogen) atoms. The number of ether oxygens (including phenoxy) is 1. The Morgan fingerprint density at radius 2 is 2.06 bits per heavy atom. The highest BCUT2D eigenvalue weighted by molar-refractivity contribution is 6.10. The van der Waals surface area contributed by atoms with E-state index in [0.717, 1.165) is 5.56 Å². The van der Waals surface area contributed by atoms with Gasteiger partial charge in [0.1, 0.15) is 5.75 Å². The van der Waals surface area contributed by atoms with Gasteiger partial charge < -0.3 is 10.1 Å². The molecule has 1 aromatic carbocycles. The van der Waals surface area contributed by atoms with Crippen LogP contribution in [0, 0.1) is 6.92 Å². The molecular weight excluding hydrogens is 236 g/mol. The molecule has 1 unspecified atom stereocenters. The van der Waals surface area contributed by atoms with Crippen molar-refractivity contribution < 1.29 is 19.1 Å². The van der Waals surface area contributed by atoms with Gasteiger partial charge in [0.2, 0.25) is 0 Å². The fourth-order valence-electron chi connectivity index (χ4n) is 2.34. The Balaban J connectivity index is 2.23. The van der Waals surface area contributed by atoms with Crippen LogP contribution in [0.15, 0.2) is 18.2 Å². The predicted octanol–water partition coefficient (Wildman–Crippen LogP) is 0.339. The number of carbonyl (C=O) groups is 3. The quantitative estimate of drug-likeness (QED) is 0.392. The molecule has 1 saturated heterocycles. The number of aryl methyl sites for hydroxylation is 1. The molecule has 0 aliphatic carbocycles. The highest BCUT2D eigenvalue weighted by Crippen LogP contribution is 2.39. The molecule has 2 N–H and O–H groups in total. The Morgan fingerprint density at radius 3 is 2.72 bits per heavy atom. The molecule has 2 aliphatic heterocycles. The number of benzene rings is 1. The molecule has 0 aromatic heterocycles. The minimum atomic E-state index is -1.33. The summed E-state index contributed by atoms with van der Waals surface area (Å²) in [6, 6.07) is 4.55. The van der Waals surface area contributed by atoms with Crippen molar-refractivity contribution in [2.45, 2.75) is 18.9 Å². The third kappa shape index (κ3) is 1.32. The largest absolute Gasteiger partial charge is 0.426 e. The summed E-state index contributed by atoms with van der Waals surface area (Å²) in [5.41, 5.74) is 0.110. The zero-order valence-corrected chi connectivity index (χ0v) is 9.57. The Hall–Kier alpha value is -2.37. The molecule has 2 heterocycles. The summed E-state index contributed by atoms with van der Waals surface area (Å²) >= 11 is 0. The fourth-order valence-corrected chi connectivity index (χ4v) is 2.34. The van der Waals surface area contributed by atoms with Crippen LogP contribution in [0.3, 0.4) is 0 Å². The van der Waals surface area contributed by atoms with Crippen molar-refractivity contribution in [1.29, 1.82) is 0 Å². The van der Waals surface area contributed by atoms with Gasteiger partial charge in [0.25, 0.3) is 5.91 Å². The average Bonchev–Trinajstić information content (AvgIpc) is 2.55. The van der Waals surface area contributed by atoms with Gasteiger partial charge in [-0.05, 0) is 19.1 Å². The van der Waals surface area contributed by atoms with Gasteiger partial charge in [-0.1, -0.05) is 11.6 Å². The Morgan fingerprint density at radius 1 is 1.28 bits per heavy atom. The first-order valence-electron chi connectivity index (χ1n) is 5.47. The average molecular weight is 246 g/mol. The lowest BCUT2D eigenvalue weighted by atomic mass is 9.83. The van der Waals surface area contributed by atoms with Gasteiger partial charge in [-0.3, -0.25) is 14.9 Å². The van der Waals surface area contributed by atoms with Crippen molar-refractivity contribution in [3.63, 3.8) is 0 Å². The van der Waals surface area contributed by atoms with Crippen molar-refractivity contribution in [3.8, 4) is 5.75 Å². The van der Waals surface area contributed by atoms with Crippen molar-refractivity contribution in [2.24, 2.45) is 0 Å². The van der Waals surface area contributed by atoms with Crippen LogP contribution >= 0.6 is 0 Å². The number of amides is 3. The number of rotatable bonds is 0. The number of hydrogen-bond acceptors (Lipinski definition) is 4. The van der Waals surface area contributed by atoms with Crippen LogP contribution in [-0.2, 0) is 15.1 Å². The van der Waals surface area contributed by atoms with E-state index in [1.54, 1.807) is 18.2 Å². The topological polar surface area (TPSA) is 84.5 Å². The smallest absolute Gasteiger partial charge is 0.322 e. The van der Waals surface area contributed by atoms with Crippen LogP contribution in [0.25, 0.3) is 0 Å². The SMILES string of the molecule is Cc1ccc2c(c1)C1(CC(=O)O2)NC(=O)NC1=O. The molecule has 6 heteroatoms. The van der Waals surface area contributed by atoms with E-state index in [9.17, 15) is 14.4 Å². The minimum Gasteiger partial charge on any atom is -0.426 e. The molecule has 0 radical (unpaired) electrons. The third-order valence-corrected chi connectivity index (χ3v) is 3.17. The lowest BCUT2D eigenvalue weighted by Gasteiger charge is -2.31. The van der Waals surface area contributed by atoms with Gasteiger partial charge in [-0.25, -0.2) is 4.79 Å². The second-order valence-corrected chi connectivity index (χ2v) is 4.46. The van der Waals surface area contributed by atoms with Gasteiger partial charge in [0.15, 0.2) is 5.54 Å². The molecule has 6 nitrogen and oxygen atoms in total. The summed E-state index contributed by atoms with van der Waals surface area (Å²) in [7, 11) is 0. The first-order valence-corrected chi connectivity index (χ1v) is 5.47. The van der Waals surface area contributed by atoms with Crippen LogP contribution in [0.2, 0.25) is 0 Å². The van der Waals surface area contributed by atoms with E-state index < -0.39 is 23.4 Å². The van der Waals surface area contributed by atoms with Gasteiger partial charge in [0.05, 0.1) is 6.42 Å². The van der Waals surface area contributed by atoms with Crippen LogP contribution in [0.4, 0.5) is 4.79 Å². The van der Waals surface area contributed by atoms with Crippen molar-refractivity contribution in [2.75, 3.05) is 0 Å². The fraction of sp³-hybridized carbons (Fsp3) is 0.250. The lowest BCUT2D eigenvalue weighted by Crippen LogP contribution is -2.49. The highest BCUT2D eigenvalue weighted by Gasteiger charge is 2.53. The monoisotopic (exact) mass is 246 g/mol. The Labute approximate surface area is 102 Å². The molecule has 2 aliphatic rings. The predicted molar refractivity (Wildman–Crippen MR) is 59.8 cm³/mol. The van der Waals surface area contributed by atoms with E-state index in [2.05, 4.69) is 10.6 Å². The number of hydrogen-bond donors (Lipinski definition) is 2. The van der Waals surface area contributed by atoms with E-state index in [-0.39, 0.29) is 6.42 Å². The second kappa shape index (κ2) is 3.32. The number of nitrogens with one attached hydrogen (secondary N) is 2. The number of esters is 1. The molecule has 0 saturated carbocycles. The van der Waals surface area contributed by atoms with Gasteiger partial charge >= 0.3 is 12.0 Å². The summed E-state index contributed by atoms with van der Waals surface area (Å²) in [5.74, 6) is -0.742. The van der Waals surface area contributed by atoms with Gasteiger partial charge in [0, 0.05) is 5.56 Å². The first-order chi connectivity index (χ1) is 8.51. The minimum absolute atomic E-state index is 0.193. The summed E-state index contributed by atoms with van der Waals surface area (Å²) < 4.78 is 5.09. The number of urea groups is 1. The van der Waals surface area contributed by atoms with E-state index in [4.69, 9.17) is 4.74 Å². The van der Waals surface area contributed by atoms with Crippen LogP contribution in [0.1, 0.15) is 17.5 Å². The highest BCUT2D eigenvalue weighted by atomic mass is 16.5. The Bertz CT molecular complexity index is 596. The maximum Gasteiger partial charge on any atom is 0.322 e.